The van der Waals surface area contributed by atoms with Crippen LogP contribution in [0.5, 0.6) is 0 Å². The predicted molar refractivity (Wildman–Crippen MR) is 124 cm³/mol. The van der Waals surface area contributed by atoms with Crippen LogP contribution in [-0.2, 0) is 11.2 Å². The highest BCUT2D eigenvalue weighted by Crippen LogP contribution is 2.34. The summed E-state index contributed by atoms with van der Waals surface area (Å²) in [6.45, 7) is 2.62. The molecular formula is C19H20ClN5OS3. The summed E-state index contributed by atoms with van der Waals surface area (Å²) >= 11 is 10.9. The number of hydrogen-bond acceptors (Lipinski definition) is 8. The molecule has 2 aromatic heterocycles. The fraction of sp³-hybridized carbons (Fsp3) is 0.368. The molecule has 1 saturated heterocycles. The van der Waals surface area contributed by atoms with Crippen molar-refractivity contribution in [2.75, 3.05) is 41.8 Å². The Morgan fingerprint density at radius 1 is 1.21 bits per heavy atom. The fourth-order valence-corrected chi connectivity index (χ4v) is 5.90. The molecule has 0 bridgehead atoms. The molecule has 29 heavy (non-hydrogen) atoms. The molecular weight excluding hydrogens is 446 g/mol. The van der Waals surface area contributed by atoms with Crippen LogP contribution in [0.3, 0.4) is 0 Å². The number of amides is 1. The Hall–Kier alpha value is -1.55. The number of hydrogen-bond donors (Lipinski definition) is 1. The van der Waals surface area contributed by atoms with Crippen LogP contribution in [-0.4, -0.2) is 57.8 Å². The van der Waals surface area contributed by atoms with Gasteiger partial charge in [0.05, 0.1) is 5.75 Å². The Kier molecular flexibility index (Phi) is 7.12. The molecule has 0 spiro atoms. The van der Waals surface area contributed by atoms with Crippen LogP contribution in [0.4, 0.5) is 5.13 Å². The van der Waals surface area contributed by atoms with Crippen molar-refractivity contribution in [3.05, 3.63) is 41.2 Å². The van der Waals surface area contributed by atoms with Crippen LogP contribution in [0, 0.1) is 0 Å². The van der Waals surface area contributed by atoms with Crippen LogP contribution in [0.1, 0.15) is 5.56 Å². The van der Waals surface area contributed by atoms with Gasteiger partial charge in [0.25, 0.3) is 0 Å². The summed E-state index contributed by atoms with van der Waals surface area (Å²) in [6.07, 6.45) is 2.30. The summed E-state index contributed by atoms with van der Waals surface area (Å²) in [6, 6.07) is 7.68. The maximum absolute atomic E-state index is 12.2. The van der Waals surface area contributed by atoms with Gasteiger partial charge in [-0.15, -0.1) is 0 Å². The van der Waals surface area contributed by atoms with Gasteiger partial charge in [-0.1, -0.05) is 46.8 Å². The first kappa shape index (κ1) is 20.7. The predicted octanol–water partition coefficient (Wildman–Crippen LogP) is 3.74. The van der Waals surface area contributed by atoms with Crippen molar-refractivity contribution in [2.24, 2.45) is 0 Å². The topological polar surface area (TPSA) is 71.0 Å². The Morgan fingerprint density at radius 2 is 2.00 bits per heavy atom. The highest BCUT2D eigenvalue weighted by Gasteiger charge is 2.18. The zero-order chi connectivity index (χ0) is 20.1. The third kappa shape index (κ3) is 5.53. The smallest absolute Gasteiger partial charge is 0.230 e. The van der Waals surface area contributed by atoms with Gasteiger partial charge in [0.2, 0.25) is 5.91 Å². The Morgan fingerprint density at radius 3 is 2.79 bits per heavy atom. The summed E-state index contributed by atoms with van der Waals surface area (Å²) < 4.78 is 0.958. The van der Waals surface area contributed by atoms with Gasteiger partial charge < -0.3 is 10.2 Å². The van der Waals surface area contributed by atoms with E-state index in [0.29, 0.717) is 17.9 Å². The zero-order valence-electron chi connectivity index (χ0n) is 15.6. The molecule has 1 aromatic carbocycles. The zero-order valence-corrected chi connectivity index (χ0v) is 18.8. The molecule has 1 aliphatic heterocycles. The molecule has 0 radical (unpaired) electrons. The van der Waals surface area contributed by atoms with Crippen LogP contribution < -0.4 is 10.2 Å². The number of thioether (sulfide) groups is 2. The van der Waals surface area contributed by atoms with Gasteiger partial charge in [-0.3, -0.25) is 4.79 Å². The van der Waals surface area contributed by atoms with Crippen LogP contribution in [0.25, 0.3) is 10.3 Å². The van der Waals surface area contributed by atoms with E-state index in [9.17, 15) is 4.79 Å². The van der Waals surface area contributed by atoms with E-state index >= 15 is 0 Å². The van der Waals surface area contributed by atoms with Crippen molar-refractivity contribution < 1.29 is 4.79 Å². The van der Waals surface area contributed by atoms with Crippen LogP contribution >= 0.6 is 46.5 Å². The molecule has 3 heterocycles. The summed E-state index contributed by atoms with van der Waals surface area (Å²) in [5, 5.41) is 5.49. The second kappa shape index (κ2) is 9.97. The van der Waals surface area contributed by atoms with Crippen molar-refractivity contribution in [1.82, 2.24) is 20.3 Å². The Labute approximate surface area is 186 Å². The highest BCUT2D eigenvalue weighted by atomic mass is 35.5. The Balaban J connectivity index is 1.32. The maximum Gasteiger partial charge on any atom is 0.230 e. The van der Waals surface area contributed by atoms with Gasteiger partial charge in [-0.2, -0.15) is 16.7 Å². The molecule has 6 nitrogen and oxygen atoms in total. The second-order valence-corrected chi connectivity index (χ2v) is 10.0. The number of anilines is 1. The van der Waals surface area contributed by atoms with E-state index in [4.69, 9.17) is 11.6 Å². The number of carbonyl (C=O) groups excluding carboxylic acids is 1. The monoisotopic (exact) mass is 465 g/mol. The van der Waals surface area contributed by atoms with Crippen molar-refractivity contribution >= 4 is 67.8 Å². The molecule has 0 atom stereocenters. The van der Waals surface area contributed by atoms with Crippen molar-refractivity contribution in [2.45, 2.75) is 11.4 Å². The molecule has 4 rings (SSSR count). The number of fused-ring (bicyclic) bond motifs is 1. The minimum atomic E-state index is -0.00600. The standard InChI is InChI=1S/C19H20ClN5OS3/c20-14-3-1-13(2-4-14)5-6-21-15(26)11-28-18-16-17(22-12-23-18)24-19(29-16)25-7-9-27-10-8-25/h1-4,12H,5-11H2,(H,21,26). The van der Waals surface area contributed by atoms with Crippen LogP contribution in [0.15, 0.2) is 35.6 Å². The molecule has 3 aromatic rings. The van der Waals surface area contributed by atoms with Gasteiger partial charge in [0.1, 0.15) is 16.1 Å². The third-order valence-electron chi connectivity index (χ3n) is 4.42. The summed E-state index contributed by atoms with van der Waals surface area (Å²) in [5.41, 5.74) is 1.86. The lowest BCUT2D eigenvalue weighted by atomic mass is 10.1. The van der Waals surface area contributed by atoms with Crippen molar-refractivity contribution in [1.29, 1.82) is 0 Å². The third-order valence-corrected chi connectivity index (χ3v) is 7.84. The first-order chi connectivity index (χ1) is 14.2. The van der Waals surface area contributed by atoms with Gasteiger partial charge >= 0.3 is 0 Å². The number of benzene rings is 1. The van der Waals surface area contributed by atoms with Gasteiger partial charge in [0.15, 0.2) is 10.8 Å². The normalized spacial score (nSPS) is 14.3. The first-order valence-corrected chi connectivity index (χ1v) is 12.6. The van der Waals surface area contributed by atoms with E-state index in [1.54, 1.807) is 11.3 Å². The summed E-state index contributed by atoms with van der Waals surface area (Å²) in [4.78, 5) is 27.9. The molecule has 1 aliphatic rings. The largest absolute Gasteiger partial charge is 0.355 e. The number of thiazole rings is 1. The molecule has 10 heteroatoms. The first-order valence-electron chi connectivity index (χ1n) is 9.27. The second-order valence-electron chi connectivity index (χ2n) is 6.44. The highest BCUT2D eigenvalue weighted by molar-refractivity contribution is 8.00. The van der Waals surface area contributed by atoms with E-state index in [2.05, 4.69) is 25.2 Å². The van der Waals surface area contributed by atoms with Crippen molar-refractivity contribution in [3.63, 3.8) is 0 Å². The van der Waals surface area contributed by atoms with E-state index in [1.165, 1.54) is 18.1 Å². The molecule has 1 amide bonds. The maximum atomic E-state index is 12.2. The van der Waals surface area contributed by atoms with E-state index < -0.39 is 0 Å². The number of nitrogens with zero attached hydrogens (tertiary/aromatic N) is 4. The van der Waals surface area contributed by atoms with E-state index in [1.807, 2.05) is 36.0 Å². The molecule has 0 aliphatic carbocycles. The minimum Gasteiger partial charge on any atom is -0.355 e. The van der Waals surface area contributed by atoms with Gasteiger partial charge in [-0.25, -0.2) is 9.97 Å². The molecule has 0 unspecified atom stereocenters. The molecule has 1 fully saturated rings. The van der Waals surface area contributed by atoms with Crippen LogP contribution in [0.2, 0.25) is 5.02 Å². The summed E-state index contributed by atoms with van der Waals surface area (Å²) in [5.74, 6) is 2.56. The lowest BCUT2D eigenvalue weighted by Crippen LogP contribution is -2.32. The number of rotatable bonds is 7. The molecule has 1 N–H and O–H groups in total. The number of aromatic nitrogens is 3. The number of halogens is 1. The van der Waals surface area contributed by atoms with Crippen molar-refractivity contribution in [3.8, 4) is 0 Å². The molecule has 0 saturated carbocycles. The van der Waals surface area contributed by atoms with Gasteiger partial charge in [-0.05, 0) is 24.1 Å². The number of nitrogens with one attached hydrogen (secondary N) is 1. The van der Waals surface area contributed by atoms with E-state index in [-0.39, 0.29) is 5.91 Å². The summed E-state index contributed by atoms with van der Waals surface area (Å²) in [7, 11) is 0. The molecule has 152 valence electrons. The van der Waals surface area contributed by atoms with E-state index in [0.717, 1.165) is 56.5 Å². The quantitative estimate of drug-likeness (QED) is 0.421. The van der Waals surface area contributed by atoms with Gasteiger partial charge in [0, 0.05) is 36.2 Å². The lowest BCUT2D eigenvalue weighted by Gasteiger charge is -2.25. The SMILES string of the molecule is O=C(CSc1ncnc2nc(N3CCSCC3)sc12)NCCc1ccc(Cl)cc1. The fourth-order valence-electron chi connectivity index (χ4n) is 2.90. The average molecular weight is 466 g/mol. The average Bonchev–Trinajstić information content (AvgIpc) is 3.19. The minimum absolute atomic E-state index is 0.00600. The Bertz CT molecular complexity index is 976. The lowest BCUT2D eigenvalue weighted by molar-refractivity contribution is -0.118. The number of carbonyl (C=O) groups is 1.